The van der Waals surface area contributed by atoms with Crippen molar-refractivity contribution in [1.82, 2.24) is 0 Å². The van der Waals surface area contributed by atoms with Gasteiger partial charge in [-0.15, -0.1) is 0 Å². The van der Waals surface area contributed by atoms with Crippen LogP contribution in [0.1, 0.15) is 54.7 Å². The summed E-state index contributed by atoms with van der Waals surface area (Å²) in [5, 5.41) is 13.3. The lowest BCUT2D eigenvalue weighted by atomic mass is 10.0. The van der Waals surface area contributed by atoms with Gasteiger partial charge in [0.2, 0.25) is 5.78 Å². The molecule has 0 aliphatic carbocycles. The summed E-state index contributed by atoms with van der Waals surface area (Å²) in [6.45, 7) is 11.6. The molecule has 0 unspecified atom stereocenters. The average molecular weight is 472 g/mol. The fourth-order valence-corrected chi connectivity index (χ4v) is 4.80. The lowest BCUT2D eigenvalue weighted by Crippen LogP contribution is -3.11. The summed E-state index contributed by atoms with van der Waals surface area (Å²) >= 11 is 6.27. The number of Topliss-reactive ketones (excluding diaryl/α,β-unsaturated/α-hetero) is 1. The zero-order chi connectivity index (χ0) is 23.7. The first-order valence-corrected chi connectivity index (χ1v) is 11.7. The van der Waals surface area contributed by atoms with Crippen molar-refractivity contribution in [3.05, 3.63) is 57.3 Å². The van der Waals surface area contributed by atoms with Gasteiger partial charge < -0.3 is 24.2 Å². The largest absolute Gasteiger partial charge is 0.872 e. The Morgan fingerprint density at radius 3 is 2.55 bits per heavy atom. The van der Waals surface area contributed by atoms with Crippen molar-refractivity contribution in [1.29, 1.82) is 0 Å². The summed E-state index contributed by atoms with van der Waals surface area (Å²) in [5.41, 5.74) is 2.43. The van der Waals surface area contributed by atoms with Crippen molar-refractivity contribution in [3.8, 4) is 17.2 Å². The molecule has 176 valence electrons. The summed E-state index contributed by atoms with van der Waals surface area (Å²) in [5.74, 6) is 1.78. The van der Waals surface area contributed by atoms with Gasteiger partial charge in [-0.25, -0.2) is 0 Å². The number of carbonyl (C=O) groups is 1. The van der Waals surface area contributed by atoms with Crippen molar-refractivity contribution >= 4 is 23.5 Å². The summed E-state index contributed by atoms with van der Waals surface area (Å²) in [4.78, 5) is 14.5. The topological polar surface area (TPSA) is 72.3 Å². The maximum absolute atomic E-state index is 13.2. The van der Waals surface area contributed by atoms with Gasteiger partial charge >= 0.3 is 0 Å². The number of rotatable bonds is 7. The summed E-state index contributed by atoms with van der Waals surface area (Å²) in [6.07, 6.45) is 1.64. The highest BCUT2D eigenvalue weighted by molar-refractivity contribution is 6.31. The van der Waals surface area contributed by atoms with E-state index < -0.39 is 0 Å². The van der Waals surface area contributed by atoms with E-state index in [1.165, 1.54) is 11.0 Å². The van der Waals surface area contributed by atoms with Crippen LogP contribution in [0.5, 0.6) is 17.2 Å². The minimum absolute atomic E-state index is 0.103. The number of benzene rings is 2. The van der Waals surface area contributed by atoms with Crippen LogP contribution in [-0.2, 0) is 17.9 Å². The van der Waals surface area contributed by atoms with Crippen LogP contribution in [0.2, 0.25) is 5.02 Å². The molecule has 0 saturated carbocycles. The Labute approximate surface area is 199 Å². The van der Waals surface area contributed by atoms with E-state index >= 15 is 0 Å². The van der Waals surface area contributed by atoms with E-state index in [-0.39, 0.29) is 24.1 Å². The zero-order valence-corrected chi connectivity index (χ0v) is 20.3. The zero-order valence-electron chi connectivity index (χ0n) is 19.5. The summed E-state index contributed by atoms with van der Waals surface area (Å²) in [7, 11) is 0. The van der Waals surface area contributed by atoms with Gasteiger partial charge in [0.1, 0.15) is 18.0 Å². The highest BCUT2D eigenvalue weighted by Gasteiger charge is 2.32. The number of hydrogen-bond donors (Lipinski definition) is 1. The van der Waals surface area contributed by atoms with E-state index in [1.54, 1.807) is 24.3 Å². The molecule has 33 heavy (non-hydrogen) atoms. The standard InChI is InChI=1S/C26H30ClNO5/c1-15(2)10-28(11-16(3)4)12-21-22(29)6-5-20-24(30)23(33-26(20)21)9-17-7-19(27)8-18-13-31-14-32-25(17)18/h5-9,15-16,29H,10-14H2,1-4H3. The fraction of sp³-hybridized carbons (Fsp3) is 0.423. The third-order valence-electron chi connectivity index (χ3n) is 5.71. The maximum atomic E-state index is 13.2. The van der Waals surface area contributed by atoms with Crippen LogP contribution in [0.4, 0.5) is 0 Å². The van der Waals surface area contributed by atoms with Crippen molar-refractivity contribution in [3.63, 3.8) is 0 Å². The van der Waals surface area contributed by atoms with E-state index in [1.807, 2.05) is 0 Å². The average Bonchev–Trinajstić information content (AvgIpc) is 3.04. The SMILES string of the molecule is CC(C)C[NH+](Cc1c([O-])ccc2c1OC(=Cc1cc(Cl)cc3c1OCOC3)C2=O)CC(C)C. The van der Waals surface area contributed by atoms with Gasteiger partial charge in [-0.3, -0.25) is 4.79 Å². The van der Waals surface area contributed by atoms with Crippen LogP contribution in [0.15, 0.2) is 30.0 Å². The summed E-state index contributed by atoms with van der Waals surface area (Å²) < 4.78 is 17.0. The molecule has 6 nitrogen and oxygen atoms in total. The highest BCUT2D eigenvalue weighted by Crippen LogP contribution is 2.40. The molecule has 2 aromatic carbocycles. The highest BCUT2D eigenvalue weighted by atomic mass is 35.5. The molecule has 0 saturated heterocycles. The first-order chi connectivity index (χ1) is 15.7. The predicted octanol–water partition coefficient (Wildman–Crippen LogP) is 3.59. The Morgan fingerprint density at radius 2 is 1.85 bits per heavy atom. The number of fused-ring (bicyclic) bond motifs is 2. The second kappa shape index (κ2) is 9.75. The van der Waals surface area contributed by atoms with Crippen LogP contribution in [-0.4, -0.2) is 25.7 Å². The Balaban J connectivity index is 1.68. The second-order valence-electron chi connectivity index (χ2n) is 9.58. The number of nitrogens with one attached hydrogen (secondary N) is 1. The lowest BCUT2D eigenvalue weighted by Gasteiger charge is -2.26. The molecule has 7 heteroatoms. The van der Waals surface area contributed by atoms with Crippen LogP contribution >= 0.6 is 11.6 Å². The summed E-state index contributed by atoms with van der Waals surface area (Å²) in [6, 6.07) is 6.55. The molecule has 1 N–H and O–H groups in total. The molecule has 0 aromatic heterocycles. The number of ether oxygens (including phenoxy) is 3. The molecule has 2 aromatic rings. The van der Waals surface area contributed by atoms with E-state index in [4.69, 9.17) is 25.8 Å². The lowest BCUT2D eigenvalue weighted by molar-refractivity contribution is -0.919. The first kappa shape index (κ1) is 23.6. The van der Waals surface area contributed by atoms with Crippen LogP contribution in [0, 0.1) is 11.8 Å². The van der Waals surface area contributed by atoms with Gasteiger partial charge in [0, 0.05) is 33.5 Å². The smallest absolute Gasteiger partial charge is 0.231 e. The molecule has 0 fully saturated rings. The van der Waals surface area contributed by atoms with Crippen molar-refractivity contribution in [2.24, 2.45) is 11.8 Å². The van der Waals surface area contributed by atoms with E-state index in [0.29, 0.717) is 58.2 Å². The van der Waals surface area contributed by atoms with Gasteiger partial charge in [0.05, 0.1) is 25.3 Å². The number of carbonyl (C=O) groups excluding carboxylic acids is 1. The second-order valence-corrected chi connectivity index (χ2v) is 10.0. The Kier molecular flexibility index (Phi) is 6.98. The van der Waals surface area contributed by atoms with Gasteiger partial charge in [-0.1, -0.05) is 51.1 Å². The fourth-order valence-electron chi connectivity index (χ4n) is 4.55. The molecule has 0 bridgehead atoms. The number of halogens is 1. The monoisotopic (exact) mass is 471 g/mol. The van der Waals surface area contributed by atoms with Gasteiger partial charge in [-0.2, -0.15) is 0 Å². The predicted molar refractivity (Wildman–Crippen MR) is 125 cm³/mol. The Bertz CT molecular complexity index is 1080. The molecular weight excluding hydrogens is 442 g/mol. The van der Waals surface area contributed by atoms with Gasteiger partial charge in [-0.05, 0) is 24.3 Å². The van der Waals surface area contributed by atoms with Crippen LogP contribution in [0.3, 0.4) is 0 Å². The number of hydrogen-bond acceptors (Lipinski definition) is 5. The van der Waals surface area contributed by atoms with Gasteiger partial charge in [0.15, 0.2) is 12.6 Å². The number of quaternary nitrogens is 1. The third-order valence-corrected chi connectivity index (χ3v) is 5.93. The molecule has 0 atom stereocenters. The molecule has 2 heterocycles. The van der Waals surface area contributed by atoms with Crippen LogP contribution in [0.25, 0.3) is 6.08 Å². The molecular formula is C26H30ClNO5. The van der Waals surface area contributed by atoms with Crippen molar-refractivity contribution in [2.75, 3.05) is 19.9 Å². The molecule has 4 rings (SSSR count). The van der Waals surface area contributed by atoms with Gasteiger partial charge in [0.25, 0.3) is 0 Å². The maximum Gasteiger partial charge on any atom is 0.231 e. The van der Waals surface area contributed by atoms with Crippen molar-refractivity contribution < 1.29 is 29.0 Å². The Hall–Kier alpha value is -2.54. The minimum atomic E-state index is -0.249. The molecule has 0 amide bonds. The number of ketones is 1. The van der Waals surface area contributed by atoms with E-state index in [9.17, 15) is 9.90 Å². The molecule has 0 spiro atoms. The van der Waals surface area contributed by atoms with E-state index in [0.717, 1.165) is 18.7 Å². The quantitative estimate of drug-likeness (QED) is 0.625. The number of allylic oxidation sites excluding steroid dienone is 1. The van der Waals surface area contributed by atoms with Crippen molar-refractivity contribution in [2.45, 2.75) is 40.8 Å². The van der Waals surface area contributed by atoms with Crippen LogP contribution < -0.4 is 19.5 Å². The Morgan fingerprint density at radius 1 is 1.12 bits per heavy atom. The molecule has 2 aliphatic heterocycles. The third kappa shape index (κ3) is 5.18. The minimum Gasteiger partial charge on any atom is -0.872 e. The first-order valence-electron chi connectivity index (χ1n) is 11.4. The van der Waals surface area contributed by atoms with E-state index in [2.05, 4.69) is 27.7 Å². The molecule has 0 radical (unpaired) electrons. The normalized spacial score (nSPS) is 16.4. The molecule has 2 aliphatic rings.